The van der Waals surface area contributed by atoms with Crippen LogP contribution >= 0.6 is 0 Å². The molecule has 0 saturated heterocycles. The Balaban J connectivity index is 2.48. The van der Waals surface area contributed by atoms with Crippen molar-refractivity contribution in [2.45, 2.75) is 52.2 Å². The van der Waals surface area contributed by atoms with Gasteiger partial charge in [0.25, 0.3) is 0 Å². The first-order valence-corrected chi connectivity index (χ1v) is 5.94. The van der Waals surface area contributed by atoms with Gasteiger partial charge in [0.05, 0.1) is 6.10 Å². The lowest BCUT2D eigenvalue weighted by Crippen LogP contribution is -2.41. The van der Waals surface area contributed by atoms with Gasteiger partial charge in [-0.05, 0) is 46.5 Å². The van der Waals surface area contributed by atoms with E-state index in [0.717, 1.165) is 0 Å². The third kappa shape index (κ3) is 5.35. The lowest BCUT2D eigenvalue weighted by Gasteiger charge is -2.28. The number of hydrogen-bond donors (Lipinski definition) is 1. The van der Waals surface area contributed by atoms with Crippen molar-refractivity contribution in [3.63, 3.8) is 0 Å². The first-order valence-electron chi connectivity index (χ1n) is 5.94. The first kappa shape index (κ1) is 13.3. The zero-order valence-electron chi connectivity index (χ0n) is 10.7. The smallest absolute Gasteiger partial charge is 0.410 e. The highest BCUT2D eigenvalue weighted by molar-refractivity contribution is 5.68. The van der Waals surface area contributed by atoms with Gasteiger partial charge < -0.3 is 14.7 Å². The summed E-state index contributed by atoms with van der Waals surface area (Å²) in [4.78, 5) is 13.5. The summed E-state index contributed by atoms with van der Waals surface area (Å²) in [5.74, 6) is 0.603. The van der Waals surface area contributed by atoms with Gasteiger partial charge in [-0.25, -0.2) is 4.79 Å². The van der Waals surface area contributed by atoms with Crippen LogP contribution in [-0.2, 0) is 4.74 Å². The van der Waals surface area contributed by atoms with Gasteiger partial charge in [-0.15, -0.1) is 0 Å². The Morgan fingerprint density at radius 1 is 1.50 bits per heavy atom. The molecule has 1 aliphatic carbocycles. The summed E-state index contributed by atoms with van der Waals surface area (Å²) in [6.45, 7) is 8.29. The maximum Gasteiger partial charge on any atom is 0.410 e. The summed E-state index contributed by atoms with van der Waals surface area (Å²) in [6.07, 6.45) is 1.53. The van der Waals surface area contributed by atoms with E-state index in [0.29, 0.717) is 19.0 Å². The van der Waals surface area contributed by atoms with E-state index in [-0.39, 0.29) is 6.09 Å². The Labute approximate surface area is 97.6 Å². The van der Waals surface area contributed by atoms with Crippen molar-refractivity contribution in [1.29, 1.82) is 0 Å². The zero-order valence-corrected chi connectivity index (χ0v) is 10.7. The lowest BCUT2D eigenvalue weighted by atomic mass is 10.2. The van der Waals surface area contributed by atoms with Crippen molar-refractivity contribution >= 4 is 6.09 Å². The molecule has 94 valence electrons. The van der Waals surface area contributed by atoms with Gasteiger partial charge >= 0.3 is 6.09 Å². The second-order valence-corrected chi connectivity index (χ2v) is 5.68. The van der Waals surface area contributed by atoms with E-state index < -0.39 is 11.7 Å². The van der Waals surface area contributed by atoms with Gasteiger partial charge in [0.2, 0.25) is 0 Å². The average Bonchev–Trinajstić information content (AvgIpc) is 2.82. The van der Waals surface area contributed by atoms with E-state index >= 15 is 0 Å². The van der Waals surface area contributed by atoms with Gasteiger partial charge in [-0.1, -0.05) is 0 Å². The molecule has 0 heterocycles. The molecule has 0 radical (unpaired) electrons. The largest absolute Gasteiger partial charge is 0.444 e. The maximum atomic E-state index is 11.9. The molecular formula is C12H23NO3. The van der Waals surface area contributed by atoms with E-state index in [1.807, 2.05) is 20.8 Å². The number of ether oxygens (including phenoxy) is 1. The molecule has 1 atom stereocenters. The highest BCUT2D eigenvalue weighted by atomic mass is 16.6. The molecule has 0 spiro atoms. The van der Waals surface area contributed by atoms with Crippen LogP contribution in [0.4, 0.5) is 4.79 Å². The lowest BCUT2D eigenvalue weighted by molar-refractivity contribution is 0.0151. The Hall–Kier alpha value is -0.770. The fraction of sp³-hybridized carbons (Fsp3) is 0.917. The average molecular weight is 229 g/mol. The van der Waals surface area contributed by atoms with Crippen LogP contribution < -0.4 is 0 Å². The monoisotopic (exact) mass is 229 g/mol. The molecular weight excluding hydrogens is 206 g/mol. The van der Waals surface area contributed by atoms with E-state index in [1.165, 1.54) is 12.8 Å². The van der Waals surface area contributed by atoms with Crippen LogP contribution in [0, 0.1) is 5.92 Å². The van der Waals surface area contributed by atoms with Crippen molar-refractivity contribution in [2.24, 2.45) is 5.92 Å². The van der Waals surface area contributed by atoms with Gasteiger partial charge in [0, 0.05) is 13.1 Å². The van der Waals surface area contributed by atoms with Gasteiger partial charge in [-0.3, -0.25) is 0 Å². The molecule has 0 aromatic carbocycles. The van der Waals surface area contributed by atoms with Gasteiger partial charge in [0.1, 0.15) is 5.60 Å². The Morgan fingerprint density at radius 2 is 2.06 bits per heavy atom. The number of aliphatic hydroxyl groups is 1. The van der Waals surface area contributed by atoms with Crippen molar-refractivity contribution < 1.29 is 14.6 Å². The molecule has 0 aromatic heterocycles. The highest BCUT2D eigenvalue weighted by Crippen LogP contribution is 2.30. The Kier molecular flexibility index (Phi) is 4.19. The van der Waals surface area contributed by atoms with E-state index in [2.05, 4.69) is 0 Å². The number of aliphatic hydroxyl groups excluding tert-OH is 1. The normalized spacial score (nSPS) is 18.1. The minimum Gasteiger partial charge on any atom is -0.444 e. The number of nitrogens with zero attached hydrogens (tertiary/aromatic N) is 1. The summed E-state index contributed by atoms with van der Waals surface area (Å²) in [6, 6.07) is 0. The van der Waals surface area contributed by atoms with Crippen LogP contribution in [0.15, 0.2) is 0 Å². The number of hydrogen-bond acceptors (Lipinski definition) is 3. The molecule has 0 unspecified atom stereocenters. The fourth-order valence-corrected chi connectivity index (χ4v) is 1.48. The molecule has 1 saturated carbocycles. The molecule has 4 nitrogen and oxygen atoms in total. The molecule has 0 aliphatic heterocycles. The second kappa shape index (κ2) is 5.04. The standard InChI is InChI=1S/C12H23NO3/c1-9(14)7-13(8-10-5-6-10)11(15)16-12(2,3)4/h9-10,14H,5-8H2,1-4H3/t9-/m0/s1. The summed E-state index contributed by atoms with van der Waals surface area (Å²) in [7, 11) is 0. The molecule has 16 heavy (non-hydrogen) atoms. The van der Waals surface area contributed by atoms with Crippen LogP contribution in [-0.4, -0.2) is 40.9 Å². The minimum absolute atomic E-state index is 0.319. The highest BCUT2D eigenvalue weighted by Gasteiger charge is 2.29. The third-order valence-corrected chi connectivity index (χ3v) is 2.31. The van der Waals surface area contributed by atoms with E-state index in [4.69, 9.17) is 4.74 Å². The summed E-state index contributed by atoms with van der Waals surface area (Å²) in [5, 5.41) is 9.35. The van der Waals surface area contributed by atoms with Crippen molar-refractivity contribution in [1.82, 2.24) is 4.90 Å². The quantitative estimate of drug-likeness (QED) is 0.802. The summed E-state index contributed by atoms with van der Waals surface area (Å²) < 4.78 is 5.31. The van der Waals surface area contributed by atoms with Crippen LogP contribution in [0.2, 0.25) is 0 Å². The Morgan fingerprint density at radius 3 is 2.44 bits per heavy atom. The summed E-state index contributed by atoms with van der Waals surface area (Å²) in [5.41, 5.74) is -0.475. The van der Waals surface area contributed by atoms with Crippen LogP contribution in [0.3, 0.4) is 0 Å². The summed E-state index contributed by atoms with van der Waals surface area (Å²) >= 11 is 0. The van der Waals surface area contributed by atoms with E-state index in [1.54, 1.807) is 11.8 Å². The van der Waals surface area contributed by atoms with Crippen molar-refractivity contribution in [2.75, 3.05) is 13.1 Å². The topological polar surface area (TPSA) is 49.8 Å². The Bertz CT molecular complexity index is 237. The molecule has 1 aliphatic rings. The second-order valence-electron chi connectivity index (χ2n) is 5.68. The van der Waals surface area contributed by atoms with E-state index in [9.17, 15) is 9.90 Å². The zero-order chi connectivity index (χ0) is 12.3. The van der Waals surface area contributed by atoms with Crippen molar-refractivity contribution in [3.05, 3.63) is 0 Å². The maximum absolute atomic E-state index is 11.9. The molecule has 4 heteroatoms. The SMILES string of the molecule is C[C@H](O)CN(CC1CC1)C(=O)OC(C)(C)C. The van der Waals surface area contributed by atoms with Gasteiger partial charge in [0.15, 0.2) is 0 Å². The predicted octanol–water partition coefficient (Wildman–Crippen LogP) is 2.01. The molecule has 1 N–H and O–H groups in total. The van der Waals surface area contributed by atoms with Gasteiger partial charge in [-0.2, -0.15) is 0 Å². The number of carbonyl (C=O) groups is 1. The van der Waals surface area contributed by atoms with Crippen LogP contribution in [0.1, 0.15) is 40.5 Å². The minimum atomic E-state index is -0.508. The van der Waals surface area contributed by atoms with Crippen molar-refractivity contribution in [3.8, 4) is 0 Å². The first-order chi connectivity index (χ1) is 7.28. The molecule has 1 fully saturated rings. The number of amides is 1. The number of rotatable bonds is 4. The molecule has 1 amide bonds. The third-order valence-electron chi connectivity index (χ3n) is 2.31. The van der Waals surface area contributed by atoms with Crippen LogP contribution in [0.25, 0.3) is 0 Å². The number of carbonyl (C=O) groups excluding carboxylic acids is 1. The molecule has 0 aromatic rings. The fourth-order valence-electron chi connectivity index (χ4n) is 1.48. The molecule has 1 rings (SSSR count). The molecule has 0 bridgehead atoms. The van der Waals surface area contributed by atoms with Crippen LogP contribution in [0.5, 0.6) is 0 Å². The predicted molar refractivity (Wildman–Crippen MR) is 62.2 cm³/mol.